The maximum Gasteiger partial charge on any atom is 0.230 e. The second-order valence-electron chi connectivity index (χ2n) is 5.53. The highest BCUT2D eigenvalue weighted by molar-refractivity contribution is 5.85. The van der Waals surface area contributed by atoms with Crippen molar-refractivity contribution in [3.63, 3.8) is 0 Å². The number of halogens is 1. The molecule has 1 aromatic rings. The summed E-state index contributed by atoms with van der Waals surface area (Å²) in [6.07, 6.45) is 0.802. The number of nitrogens with zero attached hydrogens (tertiary/aromatic N) is 2. The second-order valence-corrected chi connectivity index (χ2v) is 5.53. The third-order valence-corrected chi connectivity index (χ3v) is 3.13. The van der Waals surface area contributed by atoms with Crippen LogP contribution in [0.2, 0.25) is 0 Å². The van der Waals surface area contributed by atoms with Crippen molar-refractivity contribution < 1.29 is 4.52 Å². The summed E-state index contributed by atoms with van der Waals surface area (Å²) in [5.74, 6) is 1.80. The van der Waals surface area contributed by atoms with Crippen LogP contribution in [0.15, 0.2) is 4.52 Å². The Morgan fingerprint density at radius 3 is 2.35 bits per heavy atom. The van der Waals surface area contributed by atoms with Gasteiger partial charge in [0.2, 0.25) is 5.89 Å². The molecule has 1 N–H and O–H groups in total. The average molecular weight is 262 g/mol. The molecule has 2 unspecified atom stereocenters. The second kappa shape index (κ2) is 6.36. The maximum absolute atomic E-state index is 5.31. The van der Waals surface area contributed by atoms with Crippen molar-refractivity contribution >= 4 is 12.4 Å². The molecule has 0 bridgehead atoms. The molecule has 0 saturated carbocycles. The number of likely N-dealkylation sites (N-methyl/N-ethyl adjacent to an activating group) is 1. The molecule has 0 spiro atoms. The van der Waals surface area contributed by atoms with Crippen LogP contribution in [-0.2, 0) is 6.42 Å². The van der Waals surface area contributed by atoms with Crippen molar-refractivity contribution in [2.45, 2.75) is 53.0 Å². The van der Waals surface area contributed by atoms with Crippen molar-refractivity contribution in [2.24, 2.45) is 5.41 Å². The van der Waals surface area contributed by atoms with Gasteiger partial charge in [0.1, 0.15) is 0 Å². The molecular weight excluding hydrogens is 238 g/mol. The van der Waals surface area contributed by atoms with Crippen molar-refractivity contribution in [3.05, 3.63) is 11.7 Å². The fraction of sp³-hybridized carbons (Fsp3) is 0.833. The molecule has 0 saturated heterocycles. The van der Waals surface area contributed by atoms with Gasteiger partial charge in [0.25, 0.3) is 0 Å². The topological polar surface area (TPSA) is 51.0 Å². The van der Waals surface area contributed by atoms with Gasteiger partial charge in [-0.15, -0.1) is 12.4 Å². The first kappa shape index (κ1) is 16.4. The van der Waals surface area contributed by atoms with E-state index in [1.807, 2.05) is 7.05 Å². The van der Waals surface area contributed by atoms with Crippen LogP contribution in [0.25, 0.3) is 0 Å². The minimum absolute atomic E-state index is 0. The summed E-state index contributed by atoms with van der Waals surface area (Å²) in [4.78, 5) is 4.45. The number of aromatic nitrogens is 2. The summed E-state index contributed by atoms with van der Waals surface area (Å²) >= 11 is 0. The summed E-state index contributed by atoms with van der Waals surface area (Å²) < 4.78 is 5.31. The molecule has 0 aliphatic rings. The van der Waals surface area contributed by atoms with E-state index >= 15 is 0 Å². The molecule has 100 valence electrons. The first-order valence-corrected chi connectivity index (χ1v) is 5.84. The van der Waals surface area contributed by atoms with Gasteiger partial charge in [0.15, 0.2) is 5.82 Å². The normalized spacial score (nSPS) is 15.2. The highest BCUT2D eigenvalue weighted by Crippen LogP contribution is 2.33. The van der Waals surface area contributed by atoms with Gasteiger partial charge in [0.05, 0.1) is 0 Å². The van der Waals surface area contributed by atoms with Crippen LogP contribution in [0.1, 0.15) is 52.3 Å². The molecule has 1 rings (SSSR count). The van der Waals surface area contributed by atoms with E-state index in [9.17, 15) is 0 Å². The SMILES string of the molecule is CNC(C)Cc1noc(C(C)C(C)(C)C)n1.Cl. The number of nitrogens with one attached hydrogen (secondary N) is 1. The molecule has 2 atom stereocenters. The third-order valence-electron chi connectivity index (χ3n) is 3.13. The van der Waals surface area contributed by atoms with E-state index < -0.39 is 0 Å². The number of rotatable bonds is 4. The van der Waals surface area contributed by atoms with Crippen LogP contribution in [0.5, 0.6) is 0 Å². The van der Waals surface area contributed by atoms with Gasteiger partial charge >= 0.3 is 0 Å². The Morgan fingerprint density at radius 2 is 1.88 bits per heavy atom. The van der Waals surface area contributed by atoms with Gasteiger partial charge in [-0.1, -0.05) is 32.9 Å². The van der Waals surface area contributed by atoms with Crippen LogP contribution in [0.3, 0.4) is 0 Å². The fourth-order valence-corrected chi connectivity index (χ4v) is 1.27. The lowest BCUT2D eigenvalue weighted by Crippen LogP contribution is -2.24. The molecule has 0 aliphatic heterocycles. The molecule has 1 aromatic heterocycles. The number of hydrogen-bond acceptors (Lipinski definition) is 4. The molecule has 0 amide bonds. The monoisotopic (exact) mass is 261 g/mol. The fourth-order valence-electron chi connectivity index (χ4n) is 1.27. The predicted molar refractivity (Wildman–Crippen MR) is 71.6 cm³/mol. The van der Waals surface area contributed by atoms with E-state index in [1.54, 1.807) is 0 Å². The van der Waals surface area contributed by atoms with Crippen LogP contribution < -0.4 is 5.32 Å². The van der Waals surface area contributed by atoms with E-state index in [4.69, 9.17) is 4.52 Å². The lowest BCUT2D eigenvalue weighted by atomic mass is 9.82. The van der Waals surface area contributed by atoms with Gasteiger partial charge in [0, 0.05) is 18.4 Å². The molecule has 17 heavy (non-hydrogen) atoms. The van der Waals surface area contributed by atoms with Crippen molar-refractivity contribution in [1.29, 1.82) is 0 Å². The largest absolute Gasteiger partial charge is 0.339 e. The molecule has 0 aliphatic carbocycles. The molecule has 0 fully saturated rings. The molecule has 5 heteroatoms. The third kappa shape index (κ3) is 4.64. The summed E-state index contributed by atoms with van der Waals surface area (Å²) in [7, 11) is 1.93. The highest BCUT2D eigenvalue weighted by atomic mass is 35.5. The Morgan fingerprint density at radius 1 is 1.29 bits per heavy atom. The smallest absolute Gasteiger partial charge is 0.230 e. The van der Waals surface area contributed by atoms with E-state index in [-0.39, 0.29) is 23.7 Å². The molecule has 0 radical (unpaired) electrons. The van der Waals surface area contributed by atoms with Crippen LogP contribution in [0.4, 0.5) is 0 Å². The lowest BCUT2D eigenvalue weighted by molar-refractivity contribution is 0.261. The van der Waals surface area contributed by atoms with Gasteiger partial charge < -0.3 is 9.84 Å². The van der Waals surface area contributed by atoms with E-state index in [0.29, 0.717) is 6.04 Å². The Bertz CT molecular complexity index is 333. The Balaban J connectivity index is 0.00000256. The molecular formula is C12H24ClN3O. The van der Waals surface area contributed by atoms with Gasteiger partial charge in [-0.05, 0) is 19.4 Å². The minimum atomic E-state index is 0. The zero-order chi connectivity index (χ0) is 12.3. The Kier molecular flexibility index (Phi) is 6.13. The zero-order valence-corrected chi connectivity index (χ0v) is 12.4. The quantitative estimate of drug-likeness (QED) is 0.906. The lowest BCUT2D eigenvalue weighted by Gasteiger charge is -2.23. The van der Waals surface area contributed by atoms with Gasteiger partial charge in [-0.2, -0.15) is 4.98 Å². The Hall–Kier alpha value is -0.610. The highest BCUT2D eigenvalue weighted by Gasteiger charge is 2.26. The van der Waals surface area contributed by atoms with E-state index in [0.717, 1.165) is 18.1 Å². The minimum Gasteiger partial charge on any atom is -0.339 e. The predicted octanol–water partition coefficient (Wildman–Crippen LogP) is 2.79. The van der Waals surface area contributed by atoms with Crippen molar-refractivity contribution in [3.8, 4) is 0 Å². The van der Waals surface area contributed by atoms with E-state index in [1.165, 1.54) is 0 Å². The maximum atomic E-state index is 5.31. The van der Waals surface area contributed by atoms with E-state index in [2.05, 4.69) is 50.1 Å². The zero-order valence-electron chi connectivity index (χ0n) is 11.6. The molecule has 0 aromatic carbocycles. The Labute approximate surface area is 110 Å². The van der Waals surface area contributed by atoms with Crippen molar-refractivity contribution in [2.75, 3.05) is 7.05 Å². The molecule has 4 nitrogen and oxygen atoms in total. The molecule has 1 heterocycles. The summed E-state index contributed by atoms with van der Waals surface area (Å²) in [5.41, 5.74) is 0.151. The summed E-state index contributed by atoms with van der Waals surface area (Å²) in [6.45, 7) is 10.8. The summed E-state index contributed by atoms with van der Waals surface area (Å²) in [5, 5.41) is 7.17. The summed E-state index contributed by atoms with van der Waals surface area (Å²) in [6, 6.07) is 0.371. The van der Waals surface area contributed by atoms with Crippen molar-refractivity contribution in [1.82, 2.24) is 15.5 Å². The first-order chi connectivity index (χ1) is 7.34. The average Bonchev–Trinajstić information content (AvgIpc) is 2.63. The van der Waals surface area contributed by atoms with Crippen LogP contribution in [-0.4, -0.2) is 23.2 Å². The first-order valence-electron chi connectivity index (χ1n) is 5.84. The number of hydrogen-bond donors (Lipinski definition) is 1. The van der Waals surface area contributed by atoms with Crippen LogP contribution in [0, 0.1) is 5.41 Å². The van der Waals surface area contributed by atoms with Gasteiger partial charge in [-0.25, -0.2) is 0 Å². The van der Waals surface area contributed by atoms with Gasteiger partial charge in [-0.3, -0.25) is 0 Å². The van der Waals surface area contributed by atoms with Crippen LogP contribution >= 0.6 is 12.4 Å². The standard InChI is InChI=1S/C12H23N3O.ClH/c1-8(13-6)7-10-14-11(16-15-10)9(2)12(3,4)5;/h8-9,13H,7H2,1-6H3;1H.